The number of hydrogen-bond acceptors (Lipinski definition) is 6. The van der Waals surface area contributed by atoms with Crippen molar-refractivity contribution in [2.75, 3.05) is 19.7 Å². The summed E-state index contributed by atoms with van der Waals surface area (Å²) in [6, 6.07) is 6.55. The van der Waals surface area contributed by atoms with E-state index in [9.17, 15) is 14.4 Å². The number of hydrogen-bond donors (Lipinski definition) is 1. The number of nitrogens with two attached hydrogens (primary N) is 1. The van der Waals surface area contributed by atoms with Crippen molar-refractivity contribution in [2.24, 2.45) is 5.73 Å². The number of rotatable bonds is 5. The van der Waals surface area contributed by atoms with Crippen LogP contribution in [-0.2, 0) is 20.8 Å². The lowest BCUT2D eigenvalue weighted by molar-refractivity contribution is -0.139. The van der Waals surface area contributed by atoms with E-state index < -0.39 is 11.9 Å². The Morgan fingerprint density at radius 1 is 1.33 bits per heavy atom. The van der Waals surface area contributed by atoms with Gasteiger partial charge in [0.1, 0.15) is 23.2 Å². The first-order valence-electron chi connectivity index (χ1n) is 10.4. The summed E-state index contributed by atoms with van der Waals surface area (Å²) in [6.45, 7) is 5.94. The lowest BCUT2D eigenvalue weighted by Gasteiger charge is -2.29. The maximum Gasteiger partial charge on any atom is 0.338 e. The summed E-state index contributed by atoms with van der Waals surface area (Å²) < 4.78 is 24.9. The number of nitriles is 1. The van der Waals surface area contributed by atoms with Crippen LogP contribution >= 0.6 is 0 Å². The van der Waals surface area contributed by atoms with Crippen LogP contribution in [0.3, 0.4) is 0 Å². The average molecular weight is 413 g/mol. The predicted molar refractivity (Wildman–Crippen MR) is 110 cm³/mol. The highest BCUT2D eigenvalue weighted by atomic mass is 19.1. The van der Waals surface area contributed by atoms with E-state index in [4.69, 9.17) is 15.2 Å². The van der Waals surface area contributed by atoms with E-state index in [1.807, 2.05) is 0 Å². The van der Waals surface area contributed by atoms with Crippen LogP contribution in [0.2, 0.25) is 0 Å². The minimum Gasteiger partial charge on any atom is -0.463 e. The molecule has 1 aromatic carbocycles. The number of ether oxygens (including phenoxy) is 2. The Labute approximate surface area is 176 Å². The Bertz CT molecular complexity index is 909. The molecule has 1 atom stereocenters. The van der Waals surface area contributed by atoms with Crippen molar-refractivity contribution >= 4 is 5.97 Å². The molecule has 0 aliphatic carbocycles. The molecule has 7 heteroatoms. The second-order valence-corrected chi connectivity index (χ2v) is 7.65. The molecular weight excluding hydrogens is 385 g/mol. The van der Waals surface area contributed by atoms with Crippen LogP contribution in [-0.4, -0.2) is 30.6 Å². The highest BCUT2D eigenvalue weighted by Crippen LogP contribution is 2.41. The van der Waals surface area contributed by atoms with Gasteiger partial charge >= 0.3 is 5.97 Å². The van der Waals surface area contributed by atoms with Gasteiger partial charge in [-0.25, -0.2) is 9.18 Å². The molecule has 2 aliphatic heterocycles. The first-order valence-corrected chi connectivity index (χ1v) is 10.4. The van der Waals surface area contributed by atoms with Crippen molar-refractivity contribution in [1.82, 2.24) is 4.90 Å². The largest absolute Gasteiger partial charge is 0.463 e. The Hall–Kier alpha value is -2.85. The first kappa shape index (κ1) is 21.8. The van der Waals surface area contributed by atoms with Crippen molar-refractivity contribution in [2.45, 2.75) is 52.0 Å². The third-order valence-electron chi connectivity index (χ3n) is 5.61. The summed E-state index contributed by atoms with van der Waals surface area (Å²) in [4.78, 5) is 15.1. The Morgan fingerprint density at radius 3 is 2.67 bits per heavy atom. The zero-order valence-electron chi connectivity index (χ0n) is 17.5. The summed E-state index contributed by atoms with van der Waals surface area (Å²) in [5, 5.41) is 9.79. The van der Waals surface area contributed by atoms with Gasteiger partial charge in [0.25, 0.3) is 0 Å². The predicted octanol–water partition coefficient (Wildman–Crippen LogP) is 3.85. The molecule has 0 spiro atoms. The number of halogens is 1. The standard InChI is InChI=1S/C23H28FN3O3/c1-3-29-23(28)20-15(2)30-22(26)19(13-25)21(20)18-9-8-17(24)12-16(18)14-27-10-6-4-5-7-11-27/h8-9,12,21H,3-7,10-11,14,26H2,1-2H3. The molecule has 1 unspecified atom stereocenters. The number of likely N-dealkylation sites (tertiary alicyclic amines) is 1. The van der Waals surface area contributed by atoms with Crippen LogP contribution in [0.4, 0.5) is 4.39 Å². The van der Waals surface area contributed by atoms with E-state index in [0.29, 0.717) is 17.9 Å². The highest BCUT2D eigenvalue weighted by Gasteiger charge is 2.37. The third kappa shape index (κ3) is 4.65. The lowest BCUT2D eigenvalue weighted by Crippen LogP contribution is -2.28. The van der Waals surface area contributed by atoms with E-state index in [1.165, 1.54) is 25.0 Å². The number of nitrogens with zero attached hydrogens (tertiary/aromatic N) is 2. The molecule has 0 amide bonds. The maximum absolute atomic E-state index is 14.2. The number of carbonyl (C=O) groups excluding carboxylic acids is 1. The molecule has 6 nitrogen and oxygen atoms in total. The molecule has 0 aromatic heterocycles. The van der Waals surface area contributed by atoms with Crippen molar-refractivity contribution in [3.8, 4) is 6.07 Å². The first-order chi connectivity index (χ1) is 14.5. The fraction of sp³-hybridized carbons (Fsp3) is 0.478. The molecule has 1 aromatic rings. The molecule has 1 saturated heterocycles. The van der Waals surface area contributed by atoms with Gasteiger partial charge in [-0.05, 0) is 63.0 Å². The van der Waals surface area contributed by atoms with E-state index in [0.717, 1.165) is 31.5 Å². The van der Waals surface area contributed by atoms with Gasteiger partial charge < -0.3 is 15.2 Å². The third-order valence-corrected chi connectivity index (χ3v) is 5.61. The van der Waals surface area contributed by atoms with Gasteiger partial charge in [0.2, 0.25) is 5.88 Å². The molecule has 0 radical (unpaired) electrons. The van der Waals surface area contributed by atoms with Gasteiger partial charge in [-0.3, -0.25) is 4.90 Å². The topological polar surface area (TPSA) is 88.6 Å². The summed E-state index contributed by atoms with van der Waals surface area (Å²) in [5.74, 6) is -1.43. The normalized spacial score (nSPS) is 20.4. The smallest absolute Gasteiger partial charge is 0.338 e. The monoisotopic (exact) mass is 413 g/mol. The number of allylic oxidation sites excluding steroid dienone is 2. The van der Waals surface area contributed by atoms with Gasteiger partial charge in [0.05, 0.1) is 18.1 Å². The quantitative estimate of drug-likeness (QED) is 0.738. The number of carbonyl (C=O) groups is 1. The molecule has 2 N–H and O–H groups in total. The molecule has 2 aliphatic rings. The van der Waals surface area contributed by atoms with E-state index in [2.05, 4.69) is 11.0 Å². The molecule has 30 heavy (non-hydrogen) atoms. The summed E-state index contributed by atoms with van der Waals surface area (Å²) in [7, 11) is 0. The van der Waals surface area contributed by atoms with E-state index in [1.54, 1.807) is 19.9 Å². The molecule has 0 saturated carbocycles. The van der Waals surface area contributed by atoms with Gasteiger partial charge in [0, 0.05) is 6.54 Å². The molecule has 0 bridgehead atoms. The second-order valence-electron chi connectivity index (χ2n) is 7.65. The van der Waals surface area contributed by atoms with Crippen molar-refractivity contribution < 1.29 is 18.7 Å². The Kier molecular flexibility index (Phi) is 7.11. The summed E-state index contributed by atoms with van der Waals surface area (Å²) in [6.07, 6.45) is 4.59. The minimum atomic E-state index is -0.759. The molecule has 1 fully saturated rings. The van der Waals surface area contributed by atoms with Crippen LogP contribution in [0.25, 0.3) is 0 Å². The number of esters is 1. The number of benzene rings is 1. The Balaban J connectivity index is 2.08. The molecule has 2 heterocycles. The zero-order valence-corrected chi connectivity index (χ0v) is 17.5. The summed E-state index contributed by atoms with van der Waals surface area (Å²) in [5.41, 5.74) is 7.76. The fourth-order valence-electron chi connectivity index (χ4n) is 4.19. The van der Waals surface area contributed by atoms with E-state index in [-0.39, 0.29) is 29.5 Å². The van der Waals surface area contributed by atoms with Gasteiger partial charge in [0.15, 0.2) is 0 Å². The zero-order chi connectivity index (χ0) is 21.7. The van der Waals surface area contributed by atoms with Crippen LogP contribution < -0.4 is 5.73 Å². The van der Waals surface area contributed by atoms with Crippen molar-refractivity contribution in [1.29, 1.82) is 5.26 Å². The average Bonchev–Trinajstić information content (AvgIpc) is 2.96. The van der Waals surface area contributed by atoms with Crippen LogP contribution in [0.1, 0.15) is 56.6 Å². The maximum atomic E-state index is 14.2. The van der Waals surface area contributed by atoms with Gasteiger partial charge in [-0.15, -0.1) is 0 Å². The second kappa shape index (κ2) is 9.77. The van der Waals surface area contributed by atoms with E-state index >= 15 is 0 Å². The van der Waals surface area contributed by atoms with Crippen molar-refractivity contribution in [3.05, 3.63) is 57.9 Å². The van der Waals surface area contributed by atoms with Gasteiger partial charge in [-0.2, -0.15) is 5.26 Å². The van der Waals surface area contributed by atoms with Crippen LogP contribution in [0.15, 0.2) is 41.0 Å². The Morgan fingerprint density at radius 2 is 2.03 bits per heavy atom. The van der Waals surface area contributed by atoms with Gasteiger partial charge in [-0.1, -0.05) is 18.9 Å². The molecular formula is C23H28FN3O3. The SMILES string of the molecule is CCOC(=O)C1=C(C)OC(N)=C(C#N)C1c1ccc(F)cc1CN1CCCCCC1. The minimum absolute atomic E-state index is 0.0434. The van der Waals surface area contributed by atoms with Crippen molar-refractivity contribution in [3.63, 3.8) is 0 Å². The van der Waals surface area contributed by atoms with Crippen LogP contribution in [0, 0.1) is 17.1 Å². The lowest BCUT2D eigenvalue weighted by atomic mass is 9.80. The van der Waals surface area contributed by atoms with Crippen LogP contribution in [0.5, 0.6) is 0 Å². The fourth-order valence-corrected chi connectivity index (χ4v) is 4.19. The molecule has 160 valence electrons. The summed E-state index contributed by atoms with van der Waals surface area (Å²) >= 11 is 0. The highest BCUT2D eigenvalue weighted by molar-refractivity contribution is 5.92. The molecule has 3 rings (SSSR count).